The van der Waals surface area contributed by atoms with Crippen molar-refractivity contribution < 1.29 is 4.79 Å². The Hall–Kier alpha value is -1.82. The van der Waals surface area contributed by atoms with Crippen LogP contribution in [0.25, 0.3) is 0 Å². The largest absolute Gasteiger partial charge is 0.345 e. The fraction of sp³-hybridized carbons (Fsp3) is 0.462. The van der Waals surface area contributed by atoms with Crippen LogP contribution in [-0.2, 0) is 14.1 Å². The zero-order valence-electron chi connectivity index (χ0n) is 12.0. The van der Waals surface area contributed by atoms with E-state index >= 15 is 0 Å². The van der Waals surface area contributed by atoms with E-state index in [4.69, 9.17) is 11.6 Å². The van der Waals surface area contributed by atoms with Crippen LogP contribution in [0.1, 0.15) is 36.2 Å². The first kappa shape index (κ1) is 14.6. The molecule has 0 aliphatic heterocycles. The summed E-state index contributed by atoms with van der Waals surface area (Å²) in [5.74, 6) is 0.743. The third-order valence-electron chi connectivity index (χ3n) is 3.18. The van der Waals surface area contributed by atoms with E-state index in [2.05, 4.69) is 15.4 Å². The van der Waals surface area contributed by atoms with Gasteiger partial charge in [0.25, 0.3) is 5.91 Å². The van der Waals surface area contributed by atoms with Gasteiger partial charge in [-0.1, -0.05) is 25.4 Å². The fourth-order valence-corrected chi connectivity index (χ4v) is 2.33. The van der Waals surface area contributed by atoms with Crippen molar-refractivity contribution in [3.63, 3.8) is 0 Å². The molecule has 0 bridgehead atoms. The molecule has 0 spiro atoms. The summed E-state index contributed by atoms with van der Waals surface area (Å²) in [5.41, 5.74) is 0.516. The van der Waals surface area contributed by atoms with Crippen LogP contribution in [0, 0.1) is 5.92 Å². The average Bonchev–Trinajstić information content (AvgIpc) is 2.91. The van der Waals surface area contributed by atoms with Gasteiger partial charge in [-0.3, -0.25) is 9.48 Å². The van der Waals surface area contributed by atoms with Gasteiger partial charge < -0.3 is 9.88 Å². The number of halogens is 1. The number of carbonyl (C=O) groups is 1. The first-order valence-corrected chi connectivity index (χ1v) is 6.74. The third-order valence-corrected chi connectivity index (χ3v) is 3.39. The molecular formula is C13H18ClN5O. The molecule has 20 heavy (non-hydrogen) atoms. The van der Waals surface area contributed by atoms with Gasteiger partial charge in [0, 0.05) is 20.3 Å². The van der Waals surface area contributed by atoms with E-state index in [0.29, 0.717) is 10.7 Å². The van der Waals surface area contributed by atoms with Gasteiger partial charge in [0.1, 0.15) is 17.8 Å². The fourth-order valence-electron chi connectivity index (χ4n) is 2.08. The van der Waals surface area contributed by atoms with Gasteiger partial charge in [0.05, 0.1) is 11.1 Å². The van der Waals surface area contributed by atoms with Gasteiger partial charge in [-0.25, -0.2) is 4.98 Å². The summed E-state index contributed by atoms with van der Waals surface area (Å²) < 4.78 is 3.37. The Bertz CT molecular complexity index is 616. The number of hydrogen-bond donors (Lipinski definition) is 1. The maximum Gasteiger partial charge on any atom is 0.268 e. The first-order chi connectivity index (χ1) is 9.40. The second-order valence-corrected chi connectivity index (χ2v) is 5.53. The summed E-state index contributed by atoms with van der Waals surface area (Å²) in [6, 6.07) is 1.44. The molecule has 1 unspecified atom stereocenters. The van der Waals surface area contributed by atoms with E-state index in [1.165, 1.54) is 6.33 Å². The standard InChI is InChI=1S/C13H18ClN5O/c1-8(2)11(12-15-7-16-19(12)4)17-13(20)10-5-9(14)6-18(10)3/h5-8,11H,1-4H3,(H,17,20). The number of aromatic nitrogens is 4. The normalized spacial score (nSPS) is 12.7. The maximum absolute atomic E-state index is 12.4. The lowest BCUT2D eigenvalue weighted by molar-refractivity contribution is 0.0914. The van der Waals surface area contributed by atoms with Crippen molar-refractivity contribution in [1.82, 2.24) is 24.6 Å². The minimum atomic E-state index is -0.205. The number of aryl methyl sites for hydroxylation is 2. The summed E-state index contributed by atoms with van der Waals surface area (Å²) in [6.07, 6.45) is 3.18. The van der Waals surface area contributed by atoms with Crippen LogP contribution >= 0.6 is 11.6 Å². The Morgan fingerprint density at radius 1 is 1.40 bits per heavy atom. The van der Waals surface area contributed by atoms with Gasteiger partial charge >= 0.3 is 0 Å². The lowest BCUT2D eigenvalue weighted by Crippen LogP contribution is -2.34. The van der Waals surface area contributed by atoms with Crippen LogP contribution in [0.4, 0.5) is 0 Å². The molecule has 1 atom stereocenters. The highest BCUT2D eigenvalue weighted by molar-refractivity contribution is 6.31. The van der Waals surface area contributed by atoms with Crippen LogP contribution in [0.2, 0.25) is 5.02 Å². The quantitative estimate of drug-likeness (QED) is 0.937. The Morgan fingerprint density at radius 3 is 2.55 bits per heavy atom. The lowest BCUT2D eigenvalue weighted by atomic mass is 10.0. The molecule has 0 fully saturated rings. The van der Waals surface area contributed by atoms with Crippen LogP contribution in [0.3, 0.4) is 0 Å². The van der Waals surface area contributed by atoms with Crippen LogP contribution in [0.15, 0.2) is 18.6 Å². The van der Waals surface area contributed by atoms with Crippen molar-refractivity contribution in [3.8, 4) is 0 Å². The predicted molar refractivity (Wildman–Crippen MR) is 76.5 cm³/mol. The summed E-state index contributed by atoms with van der Waals surface area (Å²) >= 11 is 5.91. The van der Waals surface area contributed by atoms with Crippen LogP contribution in [-0.4, -0.2) is 25.2 Å². The second-order valence-electron chi connectivity index (χ2n) is 5.09. The Kier molecular flexibility index (Phi) is 4.13. The monoisotopic (exact) mass is 295 g/mol. The third kappa shape index (κ3) is 2.85. The Morgan fingerprint density at radius 2 is 2.10 bits per heavy atom. The zero-order chi connectivity index (χ0) is 14.9. The molecule has 0 saturated carbocycles. The predicted octanol–water partition coefficient (Wildman–Crippen LogP) is 1.93. The molecule has 6 nitrogen and oxygen atoms in total. The average molecular weight is 296 g/mol. The van der Waals surface area contributed by atoms with E-state index in [0.717, 1.165) is 5.82 Å². The Labute approximate surface area is 122 Å². The first-order valence-electron chi connectivity index (χ1n) is 6.36. The number of amides is 1. The number of nitrogens with one attached hydrogen (secondary N) is 1. The van der Waals surface area contributed by atoms with Crippen molar-refractivity contribution >= 4 is 17.5 Å². The van der Waals surface area contributed by atoms with E-state index in [1.807, 2.05) is 20.9 Å². The van der Waals surface area contributed by atoms with E-state index in [-0.39, 0.29) is 17.9 Å². The van der Waals surface area contributed by atoms with Gasteiger partial charge in [-0.05, 0) is 12.0 Å². The molecule has 7 heteroatoms. The summed E-state index contributed by atoms with van der Waals surface area (Å²) in [5, 5.41) is 7.58. The van der Waals surface area contributed by atoms with E-state index in [1.54, 1.807) is 28.6 Å². The molecule has 0 saturated heterocycles. The van der Waals surface area contributed by atoms with Crippen LogP contribution in [0.5, 0.6) is 0 Å². The molecule has 1 amide bonds. The molecular weight excluding hydrogens is 278 g/mol. The summed E-state index contributed by atoms with van der Waals surface area (Å²) in [6.45, 7) is 4.05. The summed E-state index contributed by atoms with van der Waals surface area (Å²) in [7, 11) is 3.59. The number of carbonyl (C=O) groups excluding carboxylic acids is 1. The van der Waals surface area contributed by atoms with Gasteiger partial charge in [0.2, 0.25) is 0 Å². The van der Waals surface area contributed by atoms with Gasteiger partial charge in [-0.2, -0.15) is 5.10 Å². The smallest absolute Gasteiger partial charge is 0.268 e. The molecule has 2 aromatic rings. The summed E-state index contributed by atoms with van der Waals surface area (Å²) in [4.78, 5) is 16.6. The molecule has 1 N–H and O–H groups in total. The highest BCUT2D eigenvalue weighted by Crippen LogP contribution is 2.20. The van der Waals surface area contributed by atoms with Gasteiger partial charge in [0.15, 0.2) is 0 Å². The van der Waals surface area contributed by atoms with Crippen molar-refractivity contribution in [1.29, 1.82) is 0 Å². The minimum Gasteiger partial charge on any atom is -0.345 e. The van der Waals surface area contributed by atoms with Gasteiger partial charge in [-0.15, -0.1) is 0 Å². The maximum atomic E-state index is 12.4. The molecule has 0 radical (unpaired) electrons. The Balaban J connectivity index is 2.23. The van der Waals surface area contributed by atoms with E-state index < -0.39 is 0 Å². The zero-order valence-corrected chi connectivity index (χ0v) is 12.7. The SMILES string of the molecule is CC(C)C(NC(=O)c1cc(Cl)cn1C)c1ncnn1C. The minimum absolute atomic E-state index is 0.180. The molecule has 2 rings (SSSR count). The number of rotatable bonds is 4. The number of hydrogen-bond acceptors (Lipinski definition) is 3. The van der Waals surface area contributed by atoms with Crippen molar-refractivity contribution in [2.45, 2.75) is 19.9 Å². The lowest BCUT2D eigenvalue weighted by Gasteiger charge is -2.21. The highest BCUT2D eigenvalue weighted by atomic mass is 35.5. The molecule has 2 heterocycles. The molecule has 0 aliphatic rings. The number of nitrogens with zero attached hydrogens (tertiary/aromatic N) is 4. The molecule has 108 valence electrons. The molecule has 0 aliphatic carbocycles. The van der Waals surface area contributed by atoms with Crippen LogP contribution < -0.4 is 5.32 Å². The van der Waals surface area contributed by atoms with Crippen molar-refractivity contribution in [2.24, 2.45) is 20.0 Å². The molecule has 0 aromatic carbocycles. The molecule has 2 aromatic heterocycles. The second kappa shape index (κ2) is 5.66. The highest BCUT2D eigenvalue weighted by Gasteiger charge is 2.24. The van der Waals surface area contributed by atoms with E-state index in [9.17, 15) is 4.79 Å². The van der Waals surface area contributed by atoms with Crippen molar-refractivity contribution in [3.05, 3.63) is 35.1 Å². The van der Waals surface area contributed by atoms with Crippen molar-refractivity contribution in [2.75, 3.05) is 0 Å². The topological polar surface area (TPSA) is 64.7 Å².